The van der Waals surface area contributed by atoms with Crippen LogP contribution < -0.4 is 5.32 Å². The molecule has 27 heavy (non-hydrogen) atoms. The largest absolute Gasteiger partial charge is 0.347 e. The van der Waals surface area contributed by atoms with Crippen molar-refractivity contribution in [3.8, 4) is 0 Å². The van der Waals surface area contributed by atoms with Gasteiger partial charge in [-0.25, -0.2) is 4.39 Å². The Balaban J connectivity index is 1.85. The Labute approximate surface area is 159 Å². The molecule has 1 saturated heterocycles. The molecule has 0 saturated carbocycles. The molecule has 1 aromatic rings. The zero-order valence-electron chi connectivity index (χ0n) is 16.1. The quantitative estimate of drug-likeness (QED) is 0.813. The smallest absolute Gasteiger partial charge is 0.253 e. The van der Waals surface area contributed by atoms with E-state index in [-0.39, 0.29) is 30.1 Å². The van der Waals surface area contributed by atoms with Crippen LogP contribution in [0.15, 0.2) is 24.3 Å². The standard InChI is InChI=1S/C19H27FN4O3/c1-14(18(26)22(2)3)21-17(25)13-23-9-4-10-24(12-11-23)19(27)15-5-7-16(20)8-6-15/h5-8,14H,4,9-13H2,1-3H3,(H,21,25). The van der Waals surface area contributed by atoms with Crippen molar-refractivity contribution in [3.63, 3.8) is 0 Å². The number of halogens is 1. The Bertz CT molecular complexity index is 678. The lowest BCUT2D eigenvalue weighted by molar-refractivity contribution is -0.134. The van der Waals surface area contributed by atoms with E-state index < -0.39 is 6.04 Å². The van der Waals surface area contributed by atoms with Crippen LogP contribution in [0, 0.1) is 5.82 Å². The van der Waals surface area contributed by atoms with E-state index in [9.17, 15) is 18.8 Å². The molecule has 8 heteroatoms. The van der Waals surface area contributed by atoms with Crippen LogP contribution in [-0.2, 0) is 9.59 Å². The molecule has 1 aromatic carbocycles. The van der Waals surface area contributed by atoms with E-state index in [0.29, 0.717) is 31.7 Å². The third-order valence-corrected chi connectivity index (χ3v) is 4.52. The first-order chi connectivity index (χ1) is 12.8. The van der Waals surface area contributed by atoms with E-state index in [4.69, 9.17) is 0 Å². The van der Waals surface area contributed by atoms with E-state index >= 15 is 0 Å². The number of carbonyl (C=O) groups excluding carboxylic acids is 3. The Morgan fingerprint density at radius 1 is 1.11 bits per heavy atom. The van der Waals surface area contributed by atoms with Gasteiger partial charge in [-0.2, -0.15) is 0 Å². The highest BCUT2D eigenvalue weighted by molar-refractivity contribution is 5.94. The minimum absolute atomic E-state index is 0.133. The summed E-state index contributed by atoms with van der Waals surface area (Å²) in [5.41, 5.74) is 0.457. The summed E-state index contributed by atoms with van der Waals surface area (Å²) < 4.78 is 13.0. The minimum Gasteiger partial charge on any atom is -0.347 e. The van der Waals surface area contributed by atoms with Crippen LogP contribution in [0.25, 0.3) is 0 Å². The second-order valence-corrected chi connectivity index (χ2v) is 6.95. The predicted molar refractivity (Wildman–Crippen MR) is 99.7 cm³/mol. The summed E-state index contributed by atoms with van der Waals surface area (Å²) in [7, 11) is 3.29. The Morgan fingerprint density at radius 2 is 1.78 bits per heavy atom. The average molecular weight is 378 g/mol. The Morgan fingerprint density at radius 3 is 2.41 bits per heavy atom. The fraction of sp³-hybridized carbons (Fsp3) is 0.526. The van der Waals surface area contributed by atoms with Crippen molar-refractivity contribution in [2.45, 2.75) is 19.4 Å². The summed E-state index contributed by atoms with van der Waals surface area (Å²) in [6.45, 7) is 4.18. The molecule has 1 atom stereocenters. The molecule has 0 aromatic heterocycles. The Hall–Kier alpha value is -2.48. The maximum absolute atomic E-state index is 13.0. The van der Waals surface area contributed by atoms with Crippen molar-refractivity contribution in [3.05, 3.63) is 35.6 Å². The van der Waals surface area contributed by atoms with Gasteiger partial charge in [-0.3, -0.25) is 19.3 Å². The van der Waals surface area contributed by atoms with Gasteiger partial charge in [0.25, 0.3) is 5.91 Å². The van der Waals surface area contributed by atoms with Crippen LogP contribution in [0.4, 0.5) is 4.39 Å². The van der Waals surface area contributed by atoms with E-state index in [0.717, 1.165) is 6.42 Å². The molecule has 1 heterocycles. The lowest BCUT2D eigenvalue weighted by Gasteiger charge is -2.23. The lowest BCUT2D eigenvalue weighted by atomic mass is 10.2. The highest BCUT2D eigenvalue weighted by Crippen LogP contribution is 2.10. The van der Waals surface area contributed by atoms with Crippen molar-refractivity contribution < 1.29 is 18.8 Å². The second kappa shape index (κ2) is 9.45. The number of benzene rings is 1. The van der Waals surface area contributed by atoms with Crippen LogP contribution >= 0.6 is 0 Å². The van der Waals surface area contributed by atoms with Gasteiger partial charge in [-0.15, -0.1) is 0 Å². The van der Waals surface area contributed by atoms with Crippen LogP contribution in [-0.4, -0.2) is 85.3 Å². The number of hydrogen-bond acceptors (Lipinski definition) is 4. The van der Waals surface area contributed by atoms with Gasteiger partial charge in [0, 0.05) is 45.8 Å². The van der Waals surface area contributed by atoms with Gasteiger partial charge in [0.05, 0.1) is 6.54 Å². The third-order valence-electron chi connectivity index (χ3n) is 4.52. The second-order valence-electron chi connectivity index (χ2n) is 6.95. The van der Waals surface area contributed by atoms with Crippen molar-refractivity contribution in [1.82, 2.24) is 20.0 Å². The van der Waals surface area contributed by atoms with Gasteiger partial charge in [0.15, 0.2) is 0 Å². The molecular formula is C19H27FN4O3. The molecule has 1 aliphatic rings. The minimum atomic E-state index is -0.573. The first-order valence-electron chi connectivity index (χ1n) is 9.05. The fourth-order valence-electron chi connectivity index (χ4n) is 3.05. The fourth-order valence-corrected chi connectivity index (χ4v) is 3.05. The number of nitrogens with one attached hydrogen (secondary N) is 1. The molecule has 1 N–H and O–H groups in total. The molecule has 0 bridgehead atoms. The van der Waals surface area contributed by atoms with Crippen LogP contribution in [0.3, 0.4) is 0 Å². The topological polar surface area (TPSA) is 73.0 Å². The normalized spacial score (nSPS) is 16.4. The number of nitrogens with zero attached hydrogens (tertiary/aromatic N) is 3. The predicted octanol–water partition coefficient (Wildman–Crippen LogP) is 0.567. The van der Waals surface area contributed by atoms with E-state index in [1.54, 1.807) is 25.9 Å². The summed E-state index contributed by atoms with van der Waals surface area (Å²) in [5.74, 6) is -0.876. The molecule has 1 fully saturated rings. The molecular weight excluding hydrogens is 351 g/mol. The number of hydrogen-bond donors (Lipinski definition) is 1. The Kier molecular flexibility index (Phi) is 7.29. The highest BCUT2D eigenvalue weighted by atomic mass is 19.1. The summed E-state index contributed by atoms with van der Waals surface area (Å²) in [4.78, 5) is 41.7. The summed E-state index contributed by atoms with van der Waals surface area (Å²) >= 11 is 0. The molecule has 1 unspecified atom stereocenters. The van der Waals surface area contributed by atoms with E-state index in [1.165, 1.54) is 29.2 Å². The number of amides is 3. The van der Waals surface area contributed by atoms with E-state index in [1.807, 2.05) is 4.90 Å². The van der Waals surface area contributed by atoms with Crippen LogP contribution in [0.1, 0.15) is 23.7 Å². The van der Waals surface area contributed by atoms with Crippen molar-refractivity contribution >= 4 is 17.7 Å². The third kappa shape index (κ3) is 6.02. The van der Waals surface area contributed by atoms with E-state index in [2.05, 4.69) is 5.32 Å². The maximum Gasteiger partial charge on any atom is 0.253 e. The van der Waals surface area contributed by atoms with Gasteiger partial charge >= 0.3 is 0 Å². The number of likely N-dealkylation sites (N-methyl/N-ethyl adjacent to an activating group) is 1. The van der Waals surface area contributed by atoms with Gasteiger partial charge in [0.2, 0.25) is 11.8 Å². The van der Waals surface area contributed by atoms with Crippen molar-refractivity contribution in [1.29, 1.82) is 0 Å². The summed E-state index contributed by atoms with van der Waals surface area (Å²) in [6, 6.07) is 4.94. The summed E-state index contributed by atoms with van der Waals surface area (Å²) in [6.07, 6.45) is 0.742. The molecule has 1 aliphatic heterocycles. The number of rotatable bonds is 5. The summed E-state index contributed by atoms with van der Waals surface area (Å²) in [5, 5.41) is 2.71. The molecule has 0 radical (unpaired) electrons. The molecule has 3 amide bonds. The van der Waals surface area contributed by atoms with Gasteiger partial charge in [0.1, 0.15) is 11.9 Å². The average Bonchev–Trinajstić information content (AvgIpc) is 2.86. The van der Waals surface area contributed by atoms with Crippen LogP contribution in [0.2, 0.25) is 0 Å². The molecule has 148 valence electrons. The SMILES string of the molecule is CC(NC(=O)CN1CCCN(C(=O)c2ccc(F)cc2)CC1)C(=O)N(C)C. The maximum atomic E-state index is 13.0. The van der Waals surface area contributed by atoms with Gasteiger partial charge < -0.3 is 15.1 Å². The van der Waals surface area contributed by atoms with Gasteiger partial charge in [-0.1, -0.05) is 0 Å². The van der Waals surface area contributed by atoms with Gasteiger partial charge in [-0.05, 0) is 37.6 Å². The molecule has 0 spiro atoms. The lowest BCUT2D eigenvalue weighted by Crippen LogP contribution is -2.48. The molecule has 0 aliphatic carbocycles. The van der Waals surface area contributed by atoms with Crippen LogP contribution in [0.5, 0.6) is 0 Å². The zero-order valence-corrected chi connectivity index (χ0v) is 16.1. The monoisotopic (exact) mass is 378 g/mol. The first-order valence-corrected chi connectivity index (χ1v) is 9.05. The van der Waals surface area contributed by atoms with Crippen molar-refractivity contribution in [2.24, 2.45) is 0 Å². The molecule has 2 rings (SSSR count). The van der Waals surface area contributed by atoms with Crippen molar-refractivity contribution in [2.75, 3.05) is 46.8 Å². The molecule has 7 nitrogen and oxygen atoms in total. The first kappa shape index (κ1) is 20.8. The highest BCUT2D eigenvalue weighted by Gasteiger charge is 2.23. The number of carbonyl (C=O) groups is 3. The zero-order chi connectivity index (χ0) is 20.0.